The number of carbonyl (C=O) groups excluding carboxylic acids is 1. The van der Waals surface area contributed by atoms with Crippen LogP contribution in [-0.2, 0) is 18.3 Å². The van der Waals surface area contributed by atoms with E-state index in [-0.39, 0.29) is 17.2 Å². The summed E-state index contributed by atoms with van der Waals surface area (Å²) < 4.78 is 1.93. The van der Waals surface area contributed by atoms with Gasteiger partial charge in [0.1, 0.15) is 0 Å². The van der Waals surface area contributed by atoms with Crippen LogP contribution in [0.15, 0.2) is 41.8 Å². The number of hydrogen-bond acceptors (Lipinski definition) is 3. The van der Waals surface area contributed by atoms with Crippen molar-refractivity contribution in [3.63, 3.8) is 0 Å². The first-order valence-corrected chi connectivity index (χ1v) is 8.55. The molecule has 1 aromatic carbocycles. The summed E-state index contributed by atoms with van der Waals surface area (Å²) in [4.78, 5) is 16.8. The molecule has 1 aliphatic carbocycles. The van der Waals surface area contributed by atoms with Crippen LogP contribution >= 0.6 is 11.8 Å². The number of aromatic nitrogens is 2. The zero-order valence-electron chi connectivity index (χ0n) is 13.0. The van der Waals surface area contributed by atoms with Crippen LogP contribution in [0, 0.1) is 0 Å². The van der Waals surface area contributed by atoms with Crippen LogP contribution in [0.4, 0.5) is 0 Å². The monoisotopic (exact) mass is 315 g/mol. The lowest BCUT2D eigenvalue weighted by atomic mass is 9.88. The molecule has 0 fully saturated rings. The maximum absolute atomic E-state index is 12.5. The van der Waals surface area contributed by atoms with Crippen molar-refractivity contribution in [1.29, 1.82) is 0 Å². The number of aryl methyl sites for hydroxylation is 2. The Hall–Kier alpha value is -1.75. The molecule has 1 aromatic heterocycles. The van der Waals surface area contributed by atoms with Gasteiger partial charge >= 0.3 is 0 Å². The van der Waals surface area contributed by atoms with Gasteiger partial charge in [0, 0.05) is 19.4 Å². The van der Waals surface area contributed by atoms with Gasteiger partial charge in [0.2, 0.25) is 5.91 Å². The molecule has 116 valence electrons. The van der Waals surface area contributed by atoms with Gasteiger partial charge in [-0.05, 0) is 37.3 Å². The number of hydrogen-bond donors (Lipinski definition) is 1. The van der Waals surface area contributed by atoms with Crippen molar-refractivity contribution in [2.24, 2.45) is 7.05 Å². The normalized spacial score (nSPS) is 18.5. The summed E-state index contributed by atoms with van der Waals surface area (Å²) in [5.41, 5.74) is 2.64. The van der Waals surface area contributed by atoms with E-state index < -0.39 is 0 Å². The molecule has 2 atom stereocenters. The number of amides is 1. The first-order chi connectivity index (χ1) is 10.6. The maximum atomic E-state index is 12.5. The van der Waals surface area contributed by atoms with Crippen LogP contribution in [0.1, 0.15) is 36.9 Å². The molecule has 1 heterocycles. The smallest absolute Gasteiger partial charge is 0.233 e. The minimum Gasteiger partial charge on any atom is -0.348 e. The van der Waals surface area contributed by atoms with Crippen molar-refractivity contribution in [2.75, 3.05) is 0 Å². The highest BCUT2D eigenvalue weighted by Gasteiger charge is 2.24. The first kappa shape index (κ1) is 15.2. The van der Waals surface area contributed by atoms with Crippen molar-refractivity contribution >= 4 is 17.7 Å². The number of carbonyl (C=O) groups is 1. The number of fused-ring (bicyclic) bond motifs is 1. The second kappa shape index (κ2) is 6.57. The number of benzene rings is 1. The fourth-order valence-corrected chi connectivity index (χ4v) is 3.71. The van der Waals surface area contributed by atoms with E-state index in [1.807, 2.05) is 24.7 Å². The van der Waals surface area contributed by atoms with Crippen molar-refractivity contribution in [3.05, 3.63) is 47.8 Å². The maximum Gasteiger partial charge on any atom is 0.233 e. The van der Waals surface area contributed by atoms with Crippen LogP contribution in [-0.4, -0.2) is 20.7 Å². The van der Waals surface area contributed by atoms with Crippen LogP contribution in [0.2, 0.25) is 0 Å². The van der Waals surface area contributed by atoms with Gasteiger partial charge in [-0.25, -0.2) is 4.98 Å². The third kappa shape index (κ3) is 3.19. The van der Waals surface area contributed by atoms with Crippen molar-refractivity contribution < 1.29 is 4.79 Å². The second-order valence-corrected chi connectivity index (χ2v) is 7.04. The summed E-state index contributed by atoms with van der Waals surface area (Å²) in [5, 5.41) is 3.92. The van der Waals surface area contributed by atoms with E-state index in [1.165, 1.54) is 22.9 Å². The van der Waals surface area contributed by atoms with Gasteiger partial charge in [0.25, 0.3) is 0 Å². The molecule has 1 amide bonds. The third-order valence-corrected chi connectivity index (χ3v) is 5.29. The molecule has 4 nitrogen and oxygen atoms in total. The summed E-state index contributed by atoms with van der Waals surface area (Å²) in [5.74, 6) is 0.0784. The number of rotatable bonds is 4. The van der Waals surface area contributed by atoms with Gasteiger partial charge in [-0.1, -0.05) is 36.0 Å². The highest BCUT2D eigenvalue weighted by Crippen LogP contribution is 2.30. The number of imidazole rings is 1. The first-order valence-electron chi connectivity index (χ1n) is 7.67. The molecule has 5 heteroatoms. The molecule has 3 rings (SSSR count). The van der Waals surface area contributed by atoms with E-state index in [4.69, 9.17) is 0 Å². The molecule has 0 saturated carbocycles. The molecule has 1 aliphatic rings. The average molecular weight is 315 g/mol. The van der Waals surface area contributed by atoms with Gasteiger partial charge in [-0.2, -0.15) is 0 Å². The lowest BCUT2D eigenvalue weighted by Crippen LogP contribution is -2.36. The van der Waals surface area contributed by atoms with E-state index in [0.29, 0.717) is 0 Å². The predicted octanol–water partition coefficient (Wildman–Crippen LogP) is 3.09. The van der Waals surface area contributed by atoms with Gasteiger partial charge in [-0.3, -0.25) is 4.79 Å². The fourth-order valence-electron chi connectivity index (χ4n) is 2.87. The minimum atomic E-state index is -0.157. The predicted molar refractivity (Wildman–Crippen MR) is 88.8 cm³/mol. The van der Waals surface area contributed by atoms with Crippen molar-refractivity contribution in [2.45, 2.75) is 42.6 Å². The Morgan fingerprint density at radius 3 is 3.05 bits per heavy atom. The number of nitrogens with zero attached hydrogens (tertiary/aromatic N) is 2. The second-order valence-electron chi connectivity index (χ2n) is 5.73. The molecule has 0 unspecified atom stereocenters. The summed E-state index contributed by atoms with van der Waals surface area (Å²) in [7, 11) is 1.94. The zero-order valence-corrected chi connectivity index (χ0v) is 13.8. The van der Waals surface area contributed by atoms with Crippen molar-refractivity contribution in [3.8, 4) is 0 Å². The number of thioether (sulfide) groups is 1. The molecular weight excluding hydrogens is 294 g/mol. The largest absolute Gasteiger partial charge is 0.348 e. The van der Waals surface area contributed by atoms with E-state index in [2.05, 4.69) is 34.6 Å². The van der Waals surface area contributed by atoms with Gasteiger partial charge in [-0.15, -0.1) is 0 Å². The molecule has 0 spiro atoms. The standard InChI is InChI=1S/C17H21N3OS/c1-12(22-17-18-10-11-20(17)2)16(21)19-15-9-5-7-13-6-3-4-8-14(13)15/h3-4,6,8,10-12,15H,5,7,9H2,1-2H3,(H,19,21)/t12-,15-/m0/s1. The van der Waals surface area contributed by atoms with Crippen LogP contribution in [0.5, 0.6) is 0 Å². The SMILES string of the molecule is C[C@H](Sc1nccn1C)C(=O)N[C@H]1CCCc2ccccc21. The summed E-state index contributed by atoms with van der Waals surface area (Å²) >= 11 is 1.49. The third-order valence-electron chi connectivity index (χ3n) is 4.11. The van der Waals surface area contributed by atoms with E-state index in [0.717, 1.165) is 24.4 Å². The van der Waals surface area contributed by atoms with Gasteiger partial charge < -0.3 is 9.88 Å². The Kier molecular flexibility index (Phi) is 4.52. The van der Waals surface area contributed by atoms with Crippen LogP contribution < -0.4 is 5.32 Å². The molecule has 1 N–H and O–H groups in total. The Labute approximate surface area is 135 Å². The summed E-state index contributed by atoms with van der Waals surface area (Å²) in [6.07, 6.45) is 6.90. The quantitative estimate of drug-likeness (QED) is 0.882. The summed E-state index contributed by atoms with van der Waals surface area (Å²) in [6.45, 7) is 1.93. The highest BCUT2D eigenvalue weighted by atomic mass is 32.2. The lowest BCUT2D eigenvalue weighted by molar-refractivity contribution is -0.121. The Balaban J connectivity index is 1.66. The zero-order chi connectivity index (χ0) is 15.5. The van der Waals surface area contributed by atoms with E-state index in [9.17, 15) is 4.79 Å². The summed E-state index contributed by atoms with van der Waals surface area (Å²) in [6, 6.07) is 8.56. The molecule has 2 aromatic rings. The van der Waals surface area contributed by atoms with Gasteiger partial charge in [0.15, 0.2) is 5.16 Å². The Morgan fingerprint density at radius 2 is 2.27 bits per heavy atom. The molecule has 0 saturated heterocycles. The number of nitrogens with one attached hydrogen (secondary N) is 1. The lowest BCUT2D eigenvalue weighted by Gasteiger charge is -2.27. The Morgan fingerprint density at radius 1 is 1.45 bits per heavy atom. The molecule has 0 radical (unpaired) electrons. The fraction of sp³-hybridized carbons (Fsp3) is 0.412. The molecule has 0 bridgehead atoms. The van der Waals surface area contributed by atoms with Gasteiger partial charge in [0.05, 0.1) is 11.3 Å². The van der Waals surface area contributed by atoms with E-state index in [1.54, 1.807) is 6.20 Å². The molecule has 22 heavy (non-hydrogen) atoms. The molecular formula is C17H21N3OS. The van der Waals surface area contributed by atoms with Crippen LogP contribution in [0.3, 0.4) is 0 Å². The molecule has 0 aliphatic heterocycles. The highest BCUT2D eigenvalue weighted by molar-refractivity contribution is 8.00. The average Bonchev–Trinajstić information content (AvgIpc) is 2.93. The Bertz CT molecular complexity index is 667. The van der Waals surface area contributed by atoms with Crippen molar-refractivity contribution in [1.82, 2.24) is 14.9 Å². The van der Waals surface area contributed by atoms with E-state index >= 15 is 0 Å². The topological polar surface area (TPSA) is 46.9 Å². The minimum absolute atomic E-state index is 0.0784. The van der Waals surface area contributed by atoms with Crippen LogP contribution in [0.25, 0.3) is 0 Å².